The molecule has 3 nitrogen and oxygen atoms in total. The minimum atomic E-state index is 0.264. The molecule has 1 saturated heterocycles. The van der Waals surface area contributed by atoms with E-state index in [0.29, 0.717) is 18.2 Å². The number of thioether (sulfide) groups is 1. The Balaban J connectivity index is 2.29. The minimum Gasteiger partial charge on any atom is -0.396 e. The van der Waals surface area contributed by atoms with Crippen LogP contribution in [-0.2, 0) is 4.74 Å². The fourth-order valence-electron chi connectivity index (χ4n) is 1.83. The van der Waals surface area contributed by atoms with Crippen LogP contribution in [0.15, 0.2) is 0 Å². The summed E-state index contributed by atoms with van der Waals surface area (Å²) in [6, 6.07) is 0.892. The van der Waals surface area contributed by atoms with Crippen LogP contribution in [0.3, 0.4) is 0 Å². The Bertz CT molecular complexity index is 151. The van der Waals surface area contributed by atoms with Crippen molar-refractivity contribution in [1.29, 1.82) is 0 Å². The molecule has 3 unspecified atom stereocenters. The summed E-state index contributed by atoms with van der Waals surface area (Å²) in [6.45, 7) is 3.24. The first kappa shape index (κ1) is 12.3. The van der Waals surface area contributed by atoms with Crippen LogP contribution < -0.4 is 5.32 Å². The first-order valence-electron chi connectivity index (χ1n) is 5.25. The molecule has 2 N–H and O–H groups in total. The van der Waals surface area contributed by atoms with E-state index < -0.39 is 0 Å². The van der Waals surface area contributed by atoms with Crippen LogP contribution in [0, 0.1) is 0 Å². The monoisotopic (exact) mass is 219 g/mol. The lowest BCUT2D eigenvalue weighted by Crippen LogP contribution is -2.43. The Hall–Kier alpha value is 0.230. The van der Waals surface area contributed by atoms with Crippen molar-refractivity contribution in [3.05, 3.63) is 0 Å². The van der Waals surface area contributed by atoms with E-state index in [1.807, 2.05) is 11.8 Å². The third kappa shape index (κ3) is 3.77. The minimum absolute atomic E-state index is 0.264. The fourth-order valence-corrected chi connectivity index (χ4v) is 2.49. The van der Waals surface area contributed by atoms with Gasteiger partial charge in [0.15, 0.2) is 0 Å². The Morgan fingerprint density at radius 3 is 2.93 bits per heavy atom. The van der Waals surface area contributed by atoms with Crippen molar-refractivity contribution < 1.29 is 9.84 Å². The van der Waals surface area contributed by atoms with E-state index in [1.54, 1.807) is 0 Å². The van der Waals surface area contributed by atoms with E-state index in [1.165, 1.54) is 0 Å². The summed E-state index contributed by atoms with van der Waals surface area (Å²) in [5, 5.41) is 12.5. The van der Waals surface area contributed by atoms with Crippen molar-refractivity contribution in [3.8, 4) is 0 Å². The highest BCUT2D eigenvalue weighted by Gasteiger charge is 2.25. The van der Waals surface area contributed by atoms with Gasteiger partial charge in [-0.3, -0.25) is 0 Å². The van der Waals surface area contributed by atoms with Gasteiger partial charge in [0, 0.05) is 31.1 Å². The van der Waals surface area contributed by atoms with Gasteiger partial charge in [-0.1, -0.05) is 0 Å². The van der Waals surface area contributed by atoms with Crippen LogP contribution >= 0.6 is 11.8 Å². The number of nitrogens with one attached hydrogen (secondary N) is 1. The van der Waals surface area contributed by atoms with Crippen LogP contribution in [-0.4, -0.2) is 48.5 Å². The molecule has 0 spiro atoms. The molecule has 0 saturated carbocycles. The largest absolute Gasteiger partial charge is 0.396 e. The SMILES string of the molecule is CSCC(CCO)NC1CCOC1C. The zero-order valence-corrected chi connectivity index (χ0v) is 9.85. The topological polar surface area (TPSA) is 41.5 Å². The summed E-state index contributed by atoms with van der Waals surface area (Å²) >= 11 is 1.82. The normalized spacial score (nSPS) is 29.4. The van der Waals surface area contributed by atoms with Crippen LogP contribution in [0.25, 0.3) is 0 Å². The molecule has 0 aromatic rings. The van der Waals surface area contributed by atoms with Crippen LogP contribution in [0.5, 0.6) is 0 Å². The third-order valence-corrected chi connectivity index (χ3v) is 3.41. The average molecular weight is 219 g/mol. The molecule has 1 heterocycles. The van der Waals surface area contributed by atoms with Crippen LogP contribution in [0.4, 0.5) is 0 Å². The van der Waals surface area contributed by atoms with Crippen molar-refractivity contribution in [2.24, 2.45) is 0 Å². The lowest BCUT2D eigenvalue weighted by Gasteiger charge is -2.23. The zero-order chi connectivity index (χ0) is 10.4. The summed E-state index contributed by atoms with van der Waals surface area (Å²) in [5.41, 5.74) is 0. The Kier molecular flexibility index (Phi) is 5.86. The van der Waals surface area contributed by atoms with Crippen LogP contribution in [0.1, 0.15) is 19.8 Å². The number of hydrogen-bond donors (Lipinski definition) is 2. The van der Waals surface area contributed by atoms with Gasteiger partial charge in [-0.05, 0) is 26.0 Å². The third-order valence-electron chi connectivity index (χ3n) is 2.67. The summed E-state index contributed by atoms with van der Waals surface area (Å²) in [5.74, 6) is 1.06. The molecule has 0 radical (unpaired) electrons. The van der Waals surface area contributed by atoms with E-state index >= 15 is 0 Å². The Morgan fingerprint density at radius 2 is 2.43 bits per heavy atom. The number of aliphatic hydroxyl groups excluding tert-OH is 1. The second kappa shape index (κ2) is 6.67. The Labute approximate surface area is 90.6 Å². The summed E-state index contributed by atoms with van der Waals surface area (Å²) in [7, 11) is 0. The lowest BCUT2D eigenvalue weighted by molar-refractivity contribution is 0.110. The van der Waals surface area contributed by atoms with E-state index in [4.69, 9.17) is 9.84 Å². The van der Waals surface area contributed by atoms with Gasteiger partial charge < -0.3 is 15.2 Å². The van der Waals surface area contributed by atoms with Crippen molar-refractivity contribution in [2.75, 3.05) is 25.2 Å². The quantitative estimate of drug-likeness (QED) is 0.695. The van der Waals surface area contributed by atoms with Gasteiger partial charge in [0.05, 0.1) is 6.10 Å². The molecule has 0 amide bonds. The predicted octanol–water partition coefficient (Wildman–Crippen LogP) is 0.867. The van der Waals surface area contributed by atoms with Gasteiger partial charge >= 0.3 is 0 Å². The summed E-state index contributed by atoms with van der Waals surface area (Å²) < 4.78 is 5.49. The number of ether oxygens (including phenoxy) is 1. The van der Waals surface area contributed by atoms with E-state index in [-0.39, 0.29) is 6.61 Å². The maximum atomic E-state index is 8.92. The van der Waals surface area contributed by atoms with Crippen LogP contribution in [0.2, 0.25) is 0 Å². The molecule has 1 rings (SSSR count). The molecule has 3 atom stereocenters. The molecule has 1 aliphatic rings. The molecule has 1 aliphatic heterocycles. The van der Waals surface area contributed by atoms with Gasteiger partial charge in [0.25, 0.3) is 0 Å². The molecule has 0 aliphatic carbocycles. The van der Waals surface area contributed by atoms with Crippen molar-refractivity contribution in [2.45, 2.75) is 38.0 Å². The first-order chi connectivity index (χ1) is 6.77. The number of aliphatic hydroxyl groups is 1. The van der Waals surface area contributed by atoms with Crippen molar-refractivity contribution in [3.63, 3.8) is 0 Å². The van der Waals surface area contributed by atoms with E-state index in [2.05, 4.69) is 18.5 Å². The highest BCUT2D eigenvalue weighted by atomic mass is 32.2. The van der Waals surface area contributed by atoms with Gasteiger partial charge in [-0.2, -0.15) is 11.8 Å². The number of rotatable bonds is 6. The smallest absolute Gasteiger partial charge is 0.0700 e. The highest BCUT2D eigenvalue weighted by Crippen LogP contribution is 2.14. The Morgan fingerprint density at radius 1 is 1.64 bits per heavy atom. The lowest BCUT2D eigenvalue weighted by atomic mass is 10.1. The molecule has 1 fully saturated rings. The van der Waals surface area contributed by atoms with E-state index in [9.17, 15) is 0 Å². The van der Waals surface area contributed by atoms with Gasteiger partial charge in [-0.15, -0.1) is 0 Å². The van der Waals surface area contributed by atoms with E-state index in [0.717, 1.165) is 25.2 Å². The molecule has 0 aromatic heterocycles. The maximum absolute atomic E-state index is 8.92. The summed E-state index contributed by atoms with van der Waals surface area (Å²) in [6.07, 6.45) is 4.35. The second-order valence-corrected chi connectivity index (χ2v) is 4.71. The second-order valence-electron chi connectivity index (χ2n) is 3.80. The highest BCUT2D eigenvalue weighted by molar-refractivity contribution is 7.98. The molecule has 0 aromatic carbocycles. The van der Waals surface area contributed by atoms with Gasteiger partial charge in [0.2, 0.25) is 0 Å². The standard InChI is InChI=1S/C10H21NO2S/c1-8-10(4-6-13-8)11-9(3-5-12)7-14-2/h8-12H,3-7H2,1-2H3. The van der Waals surface area contributed by atoms with Crippen molar-refractivity contribution >= 4 is 11.8 Å². The zero-order valence-electron chi connectivity index (χ0n) is 9.03. The van der Waals surface area contributed by atoms with Gasteiger partial charge in [0.1, 0.15) is 0 Å². The molecular formula is C10H21NO2S. The molecule has 4 heteroatoms. The summed E-state index contributed by atoms with van der Waals surface area (Å²) in [4.78, 5) is 0. The molecule has 0 bridgehead atoms. The molecule has 14 heavy (non-hydrogen) atoms. The predicted molar refractivity (Wildman–Crippen MR) is 60.8 cm³/mol. The van der Waals surface area contributed by atoms with Crippen molar-refractivity contribution in [1.82, 2.24) is 5.32 Å². The number of hydrogen-bond acceptors (Lipinski definition) is 4. The first-order valence-corrected chi connectivity index (χ1v) is 6.64. The van der Waals surface area contributed by atoms with Gasteiger partial charge in [-0.25, -0.2) is 0 Å². The maximum Gasteiger partial charge on any atom is 0.0700 e. The molecular weight excluding hydrogens is 198 g/mol. The average Bonchev–Trinajstić information content (AvgIpc) is 2.53. The molecule has 84 valence electrons. The fraction of sp³-hybridized carbons (Fsp3) is 1.00.